The van der Waals surface area contributed by atoms with Crippen LogP contribution < -0.4 is 4.74 Å². The molecule has 0 bridgehead atoms. The van der Waals surface area contributed by atoms with Gasteiger partial charge in [0.15, 0.2) is 5.82 Å². The van der Waals surface area contributed by atoms with Gasteiger partial charge in [-0.2, -0.15) is 0 Å². The van der Waals surface area contributed by atoms with E-state index in [4.69, 9.17) is 14.7 Å². The summed E-state index contributed by atoms with van der Waals surface area (Å²) in [6.45, 7) is 0. The summed E-state index contributed by atoms with van der Waals surface area (Å²) in [6.07, 6.45) is 15.7. The number of para-hydroxylation sites is 1. The minimum absolute atomic E-state index is 0.346. The average Bonchev–Trinajstić information content (AvgIpc) is 3.57. The molecule has 57 heavy (non-hydrogen) atoms. The van der Waals surface area contributed by atoms with Crippen molar-refractivity contribution >= 4 is 5.57 Å². The lowest BCUT2D eigenvalue weighted by Gasteiger charge is -2.39. The lowest BCUT2D eigenvalue weighted by atomic mass is 9.66. The van der Waals surface area contributed by atoms with Gasteiger partial charge in [0.1, 0.15) is 11.5 Å². The molecule has 0 fully saturated rings. The third-order valence-electron chi connectivity index (χ3n) is 12.5. The summed E-state index contributed by atoms with van der Waals surface area (Å²) in [5, 5.41) is 0. The molecule has 1 unspecified atom stereocenters. The quantitative estimate of drug-likeness (QED) is 0.181. The molecule has 1 aliphatic heterocycles. The van der Waals surface area contributed by atoms with Gasteiger partial charge in [0.2, 0.25) is 0 Å². The maximum Gasteiger partial charge on any atom is 0.161 e. The third-order valence-corrected chi connectivity index (χ3v) is 12.5. The van der Waals surface area contributed by atoms with Crippen molar-refractivity contribution in [3.05, 3.63) is 233 Å². The largest absolute Gasteiger partial charge is 0.457 e. The van der Waals surface area contributed by atoms with Gasteiger partial charge < -0.3 is 4.74 Å². The van der Waals surface area contributed by atoms with E-state index in [-0.39, 0.29) is 0 Å². The third kappa shape index (κ3) is 4.79. The van der Waals surface area contributed by atoms with Crippen molar-refractivity contribution in [2.45, 2.75) is 18.3 Å². The minimum atomic E-state index is -0.502. The van der Waals surface area contributed by atoms with Crippen LogP contribution in [0.15, 0.2) is 205 Å². The Morgan fingerprint density at radius 3 is 2.02 bits per heavy atom. The summed E-state index contributed by atoms with van der Waals surface area (Å²) in [5.74, 6) is 2.80. The lowest BCUT2D eigenvalue weighted by Crippen LogP contribution is -2.32. The zero-order chi connectivity index (χ0) is 37.5. The molecule has 2 heterocycles. The van der Waals surface area contributed by atoms with Crippen LogP contribution in [0.25, 0.3) is 50.5 Å². The Labute approximate surface area is 332 Å². The topological polar surface area (TPSA) is 35.0 Å². The highest BCUT2D eigenvalue weighted by molar-refractivity contribution is 5.90. The summed E-state index contributed by atoms with van der Waals surface area (Å²) in [5.41, 5.74) is 18.4. The molecule has 1 aromatic heterocycles. The number of nitrogens with zero attached hydrogens (tertiary/aromatic N) is 2. The number of ether oxygens (including phenoxy) is 1. The number of rotatable bonds is 4. The van der Waals surface area contributed by atoms with Crippen LogP contribution >= 0.6 is 0 Å². The average molecular weight is 729 g/mol. The van der Waals surface area contributed by atoms with Crippen LogP contribution in [0.3, 0.4) is 0 Å². The van der Waals surface area contributed by atoms with Crippen molar-refractivity contribution in [2.75, 3.05) is 0 Å². The molecule has 1 atom stereocenters. The molecule has 0 amide bonds. The molecule has 0 N–H and O–H groups in total. The van der Waals surface area contributed by atoms with Gasteiger partial charge in [0.25, 0.3) is 0 Å². The summed E-state index contributed by atoms with van der Waals surface area (Å²) < 4.78 is 6.90. The molecule has 12 rings (SSSR count). The van der Waals surface area contributed by atoms with E-state index in [1.165, 1.54) is 50.1 Å². The first-order chi connectivity index (χ1) is 28.2. The molecule has 0 saturated heterocycles. The second-order valence-electron chi connectivity index (χ2n) is 15.6. The Morgan fingerprint density at radius 1 is 0.544 bits per heavy atom. The van der Waals surface area contributed by atoms with Gasteiger partial charge in [0.05, 0.1) is 16.8 Å². The predicted molar refractivity (Wildman–Crippen MR) is 230 cm³/mol. The smallest absolute Gasteiger partial charge is 0.161 e. The van der Waals surface area contributed by atoms with Gasteiger partial charge in [-0.15, -0.1) is 0 Å². The van der Waals surface area contributed by atoms with Crippen LogP contribution in [0.4, 0.5) is 0 Å². The predicted octanol–water partition coefficient (Wildman–Crippen LogP) is 13.1. The second-order valence-corrected chi connectivity index (χ2v) is 15.6. The van der Waals surface area contributed by atoms with Gasteiger partial charge in [-0.1, -0.05) is 164 Å². The van der Waals surface area contributed by atoms with E-state index >= 15 is 0 Å². The number of allylic oxidation sites excluding steroid dienone is 10. The van der Waals surface area contributed by atoms with Gasteiger partial charge in [-0.25, -0.2) is 9.97 Å². The van der Waals surface area contributed by atoms with Crippen molar-refractivity contribution in [3.63, 3.8) is 0 Å². The number of aromatic nitrogens is 2. The minimum Gasteiger partial charge on any atom is -0.457 e. The van der Waals surface area contributed by atoms with E-state index in [2.05, 4.69) is 188 Å². The summed E-state index contributed by atoms with van der Waals surface area (Å²) >= 11 is 0. The highest BCUT2D eigenvalue weighted by Crippen LogP contribution is 2.62. The molecule has 0 radical (unpaired) electrons. The maximum absolute atomic E-state index is 6.90. The van der Waals surface area contributed by atoms with Crippen molar-refractivity contribution in [1.29, 1.82) is 0 Å². The van der Waals surface area contributed by atoms with Crippen molar-refractivity contribution < 1.29 is 4.74 Å². The Balaban J connectivity index is 1.03. The molecule has 1 spiro atoms. The van der Waals surface area contributed by atoms with E-state index in [9.17, 15) is 0 Å². The zero-order valence-corrected chi connectivity index (χ0v) is 31.2. The van der Waals surface area contributed by atoms with Crippen LogP contribution in [0.2, 0.25) is 0 Å². The SMILES string of the molecule is C1=CC2CC(c3cc(-c4ccccc4)nc(-c4ccccc4-c4ccc5c(c4)Oc4ccccc4C54c5ccccc5-c5ccccc54)n3)=CC3=C2C(=C1)CC=C3. The molecule has 5 aliphatic rings. The second kappa shape index (κ2) is 12.5. The molecule has 0 saturated carbocycles. The van der Waals surface area contributed by atoms with Crippen LogP contribution in [0.1, 0.15) is 40.8 Å². The highest BCUT2D eigenvalue weighted by Gasteiger charge is 2.51. The Kier molecular flexibility index (Phi) is 7.03. The van der Waals surface area contributed by atoms with E-state index in [0.29, 0.717) is 11.7 Å². The van der Waals surface area contributed by atoms with E-state index in [1.54, 1.807) is 0 Å². The lowest BCUT2D eigenvalue weighted by molar-refractivity contribution is 0.436. The number of hydrogen-bond donors (Lipinski definition) is 0. The maximum atomic E-state index is 6.90. The monoisotopic (exact) mass is 728 g/mol. The van der Waals surface area contributed by atoms with Crippen molar-refractivity contribution in [2.24, 2.45) is 5.92 Å². The molecule has 7 aromatic rings. The van der Waals surface area contributed by atoms with E-state index < -0.39 is 5.41 Å². The zero-order valence-electron chi connectivity index (χ0n) is 31.2. The molecular formula is C54H36N2O. The normalized spacial score (nSPS) is 17.4. The molecule has 6 aromatic carbocycles. The fourth-order valence-corrected chi connectivity index (χ4v) is 10.1. The van der Waals surface area contributed by atoms with Gasteiger partial charge >= 0.3 is 0 Å². The first-order valence-corrected chi connectivity index (χ1v) is 19.9. The van der Waals surface area contributed by atoms with Crippen LogP contribution in [0.5, 0.6) is 11.5 Å². The first kappa shape index (κ1) is 32.2. The van der Waals surface area contributed by atoms with Crippen molar-refractivity contribution in [3.8, 4) is 56.4 Å². The fraction of sp³-hybridized carbons (Fsp3) is 0.0741. The summed E-state index contributed by atoms with van der Waals surface area (Å²) in [6, 6.07) is 54.2. The molecule has 4 aliphatic carbocycles. The van der Waals surface area contributed by atoms with E-state index in [0.717, 1.165) is 63.5 Å². The van der Waals surface area contributed by atoms with Gasteiger partial charge in [-0.3, -0.25) is 0 Å². The number of hydrogen-bond acceptors (Lipinski definition) is 3. The number of benzene rings is 6. The molecule has 268 valence electrons. The summed E-state index contributed by atoms with van der Waals surface area (Å²) in [4.78, 5) is 10.7. The Bertz CT molecular complexity index is 2950. The first-order valence-electron chi connectivity index (χ1n) is 19.9. The Hall–Kier alpha value is -7.10. The fourth-order valence-electron chi connectivity index (χ4n) is 10.1. The van der Waals surface area contributed by atoms with Crippen LogP contribution in [-0.4, -0.2) is 9.97 Å². The molecule has 3 nitrogen and oxygen atoms in total. The van der Waals surface area contributed by atoms with E-state index in [1.807, 2.05) is 0 Å². The van der Waals surface area contributed by atoms with Crippen LogP contribution in [0, 0.1) is 5.92 Å². The summed E-state index contributed by atoms with van der Waals surface area (Å²) in [7, 11) is 0. The standard InChI is InChI=1S/C54H36N2O/c1-2-14-34(15-3-1)48-33-49(39-30-37-18-12-16-35-17-13-19-38(31-39)52(35)37)56-53(55-48)43-23-5-4-20-40(43)36-28-29-47-51(32-36)57-50-27-11-10-26-46(50)54(47)44-24-8-6-21-41(44)42-22-7-9-25-45(42)54/h1-16,18-29,31-33,37H,17,30H2. The van der Waals surface area contributed by atoms with Gasteiger partial charge in [0, 0.05) is 28.2 Å². The van der Waals surface area contributed by atoms with Crippen molar-refractivity contribution in [1.82, 2.24) is 9.97 Å². The van der Waals surface area contributed by atoms with Gasteiger partial charge in [-0.05, 0) is 92.8 Å². The van der Waals surface area contributed by atoms with Crippen LogP contribution in [-0.2, 0) is 5.41 Å². The highest BCUT2D eigenvalue weighted by atomic mass is 16.5. The Morgan fingerprint density at radius 2 is 1.21 bits per heavy atom. The molecule has 3 heteroatoms. The number of fused-ring (bicyclic) bond motifs is 9. The molecular weight excluding hydrogens is 693 g/mol.